The number of rotatable bonds is 6. The van der Waals surface area contributed by atoms with Crippen molar-refractivity contribution < 1.29 is 14.3 Å². The van der Waals surface area contributed by atoms with Gasteiger partial charge in [-0.1, -0.05) is 17.7 Å². The van der Waals surface area contributed by atoms with Crippen LogP contribution in [0.1, 0.15) is 44.0 Å². The number of carbonyl (C=O) groups is 2. The monoisotopic (exact) mass is 326 g/mol. The van der Waals surface area contributed by atoms with Crippen molar-refractivity contribution in [3.63, 3.8) is 0 Å². The Hall–Kier alpha value is -1.75. The van der Waals surface area contributed by atoms with Crippen LogP contribution in [0, 0.1) is 0 Å². The summed E-state index contributed by atoms with van der Waals surface area (Å²) in [6.07, 6.45) is 1.10. The van der Waals surface area contributed by atoms with Crippen molar-refractivity contribution in [3.8, 4) is 0 Å². The van der Waals surface area contributed by atoms with Gasteiger partial charge in [-0.3, -0.25) is 4.79 Å². The van der Waals surface area contributed by atoms with Crippen molar-refractivity contribution in [2.75, 3.05) is 13.1 Å². The molecule has 0 aliphatic heterocycles. The summed E-state index contributed by atoms with van der Waals surface area (Å²) in [5, 5.41) is 6.02. The van der Waals surface area contributed by atoms with Crippen molar-refractivity contribution in [2.24, 2.45) is 0 Å². The predicted molar refractivity (Wildman–Crippen MR) is 87.3 cm³/mol. The van der Waals surface area contributed by atoms with Gasteiger partial charge >= 0.3 is 6.09 Å². The number of unbranched alkanes of at least 4 members (excludes halogenated alkanes) is 1. The first-order valence-electron chi connectivity index (χ1n) is 7.28. The lowest BCUT2D eigenvalue weighted by Gasteiger charge is -2.19. The van der Waals surface area contributed by atoms with Gasteiger partial charge in [-0.25, -0.2) is 4.79 Å². The number of benzene rings is 1. The Labute approximate surface area is 136 Å². The minimum absolute atomic E-state index is 0.150. The SMILES string of the molecule is CC(C)(C)OC(=O)NCCCCNC(=O)c1cccc(Cl)c1. The van der Waals surface area contributed by atoms with E-state index in [0.29, 0.717) is 23.7 Å². The highest BCUT2D eigenvalue weighted by Crippen LogP contribution is 2.10. The molecule has 0 heterocycles. The number of hydrogen-bond acceptors (Lipinski definition) is 3. The molecular formula is C16H23ClN2O3. The molecule has 6 heteroatoms. The summed E-state index contributed by atoms with van der Waals surface area (Å²) >= 11 is 5.83. The molecule has 2 N–H and O–H groups in total. The van der Waals surface area contributed by atoms with Gasteiger partial charge in [0.1, 0.15) is 5.60 Å². The van der Waals surface area contributed by atoms with Crippen molar-refractivity contribution in [2.45, 2.75) is 39.2 Å². The third kappa shape index (κ3) is 7.88. The van der Waals surface area contributed by atoms with E-state index in [1.807, 2.05) is 20.8 Å². The molecule has 0 aliphatic carbocycles. The molecule has 2 amide bonds. The van der Waals surface area contributed by atoms with Crippen LogP contribution >= 0.6 is 11.6 Å². The van der Waals surface area contributed by atoms with Crippen LogP contribution in [0.4, 0.5) is 4.79 Å². The van der Waals surface area contributed by atoms with E-state index in [9.17, 15) is 9.59 Å². The van der Waals surface area contributed by atoms with Gasteiger partial charge in [-0.15, -0.1) is 0 Å². The van der Waals surface area contributed by atoms with Crippen LogP contribution in [0.15, 0.2) is 24.3 Å². The van der Waals surface area contributed by atoms with Crippen molar-refractivity contribution in [1.82, 2.24) is 10.6 Å². The van der Waals surface area contributed by atoms with Crippen LogP contribution in [-0.4, -0.2) is 30.7 Å². The number of nitrogens with one attached hydrogen (secondary N) is 2. The zero-order chi connectivity index (χ0) is 16.6. The van der Waals surface area contributed by atoms with Crippen LogP contribution in [0.2, 0.25) is 5.02 Å². The third-order valence-corrected chi connectivity index (χ3v) is 2.88. The smallest absolute Gasteiger partial charge is 0.407 e. The first-order chi connectivity index (χ1) is 10.3. The summed E-state index contributed by atoms with van der Waals surface area (Å²) in [7, 11) is 0. The van der Waals surface area contributed by atoms with E-state index in [1.54, 1.807) is 24.3 Å². The van der Waals surface area contributed by atoms with E-state index in [1.165, 1.54) is 0 Å². The van der Waals surface area contributed by atoms with Gasteiger partial charge in [0.2, 0.25) is 0 Å². The van der Waals surface area contributed by atoms with Crippen LogP contribution < -0.4 is 10.6 Å². The van der Waals surface area contributed by atoms with Gasteiger partial charge in [0.15, 0.2) is 0 Å². The number of halogens is 1. The Kier molecular flexibility index (Phi) is 7.18. The maximum Gasteiger partial charge on any atom is 0.407 e. The zero-order valence-corrected chi connectivity index (χ0v) is 14.0. The highest BCUT2D eigenvalue weighted by Gasteiger charge is 2.15. The van der Waals surface area contributed by atoms with Crippen LogP contribution in [0.5, 0.6) is 0 Å². The van der Waals surface area contributed by atoms with Crippen LogP contribution in [0.3, 0.4) is 0 Å². The van der Waals surface area contributed by atoms with E-state index in [0.717, 1.165) is 12.8 Å². The average Bonchev–Trinajstić information content (AvgIpc) is 2.40. The number of amides is 2. The highest BCUT2D eigenvalue weighted by molar-refractivity contribution is 6.30. The molecule has 0 bridgehead atoms. The number of carbonyl (C=O) groups excluding carboxylic acids is 2. The Balaban J connectivity index is 2.13. The summed E-state index contributed by atoms with van der Waals surface area (Å²) in [4.78, 5) is 23.2. The lowest BCUT2D eigenvalue weighted by Crippen LogP contribution is -2.33. The average molecular weight is 327 g/mol. The fourth-order valence-corrected chi connectivity index (χ4v) is 1.88. The molecule has 1 aromatic carbocycles. The van der Waals surface area contributed by atoms with E-state index in [4.69, 9.17) is 16.3 Å². The highest BCUT2D eigenvalue weighted by atomic mass is 35.5. The minimum Gasteiger partial charge on any atom is -0.444 e. The maximum absolute atomic E-state index is 11.8. The Morgan fingerprint density at radius 2 is 1.77 bits per heavy atom. The number of hydrogen-bond donors (Lipinski definition) is 2. The summed E-state index contributed by atoms with van der Waals surface area (Å²) < 4.78 is 5.12. The maximum atomic E-state index is 11.8. The van der Waals surface area contributed by atoms with Crippen molar-refractivity contribution in [1.29, 1.82) is 0 Å². The summed E-state index contributed by atoms with van der Waals surface area (Å²) in [6, 6.07) is 6.80. The molecule has 0 fully saturated rings. The zero-order valence-electron chi connectivity index (χ0n) is 13.2. The van der Waals surface area contributed by atoms with Crippen LogP contribution in [-0.2, 0) is 4.74 Å². The van der Waals surface area contributed by atoms with Crippen molar-refractivity contribution >= 4 is 23.6 Å². The second-order valence-corrected chi connectivity index (χ2v) is 6.34. The Morgan fingerprint density at radius 3 is 2.36 bits per heavy atom. The molecular weight excluding hydrogens is 304 g/mol. The number of alkyl carbamates (subject to hydrolysis) is 1. The predicted octanol–water partition coefficient (Wildman–Crippen LogP) is 3.37. The summed E-state index contributed by atoms with van der Waals surface area (Å²) in [6.45, 7) is 6.51. The molecule has 0 atom stereocenters. The quantitative estimate of drug-likeness (QED) is 0.787. The largest absolute Gasteiger partial charge is 0.444 e. The molecule has 0 saturated heterocycles. The molecule has 0 aliphatic rings. The molecule has 0 aromatic heterocycles. The standard InChI is InChI=1S/C16H23ClN2O3/c1-16(2,3)22-15(21)19-10-5-4-9-18-14(20)12-7-6-8-13(17)11-12/h6-8,11H,4-5,9-10H2,1-3H3,(H,18,20)(H,19,21). The second-order valence-electron chi connectivity index (χ2n) is 5.90. The van der Waals surface area contributed by atoms with Gasteiger partial charge in [0.05, 0.1) is 0 Å². The molecule has 122 valence electrons. The van der Waals surface area contributed by atoms with Gasteiger partial charge in [-0.2, -0.15) is 0 Å². The lowest BCUT2D eigenvalue weighted by molar-refractivity contribution is 0.0526. The fraction of sp³-hybridized carbons (Fsp3) is 0.500. The minimum atomic E-state index is -0.491. The molecule has 0 saturated carbocycles. The Bertz CT molecular complexity index is 512. The first kappa shape index (κ1) is 18.3. The van der Waals surface area contributed by atoms with Gasteiger partial charge in [0.25, 0.3) is 5.91 Å². The Morgan fingerprint density at radius 1 is 1.14 bits per heavy atom. The van der Waals surface area contributed by atoms with Crippen molar-refractivity contribution in [3.05, 3.63) is 34.9 Å². The first-order valence-corrected chi connectivity index (χ1v) is 7.66. The molecule has 0 spiro atoms. The summed E-state index contributed by atoms with van der Waals surface area (Å²) in [5.41, 5.74) is 0.0500. The molecule has 0 radical (unpaired) electrons. The third-order valence-electron chi connectivity index (χ3n) is 2.64. The molecule has 1 aromatic rings. The number of ether oxygens (including phenoxy) is 1. The second kappa shape index (κ2) is 8.63. The van der Waals surface area contributed by atoms with E-state index in [-0.39, 0.29) is 5.91 Å². The van der Waals surface area contributed by atoms with E-state index < -0.39 is 11.7 Å². The van der Waals surface area contributed by atoms with Gasteiger partial charge in [-0.05, 0) is 51.8 Å². The molecule has 0 unspecified atom stereocenters. The molecule has 5 nitrogen and oxygen atoms in total. The fourth-order valence-electron chi connectivity index (χ4n) is 1.69. The normalized spacial score (nSPS) is 10.9. The van der Waals surface area contributed by atoms with E-state index >= 15 is 0 Å². The molecule has 22 heavy (non-hydrogen) atoms. The summed E-state index contributed by atoms with van der Waals surface area (Å²) in [5.74, 6) is -0.150. The van der Waals surface area contributed by atoms with Gasteiger partial charge in [0, 0.05) is 23.7 Å². The van der Waals surface area contributed by atoms with Crippen LogP contribution in [0.25, 0.3) is 0 Å². The van der Waals surface area contributed by atoms with Gasteiger partial charge < -0.3 is 15.4 Å². The molecule has 1 rings (SSSR count). The lowest BCUT2D eigenvalue weighted by atomic mass is 10.2. The van der Waals surface area contributed by atoms with E-state index in [2.05, 4.69) is 10.6 Å². The topological polar surface area (TPSA) is 67.4 Å².